The Bertz CT molecular complexity index is 578. The van der Waals surface area contributed by atoms with E-state index in [0.29, 0.717) is 12.2 Å². The molecule has 2 aromatic carbocycles. The van der Waals surface area contributed by atoms with Crippen molar-refractivity contribution in [3.05, 3.63) is 64.7 Å². The van der Waals surface area contributed by atoms with E-state index in [1.807, 2.05) is 18.2 Å². The second kappa shape index (κ2) is 4.15. The number of benzene rings is 2. The molecule has 0 atom stereocenters. The van der Waals surface area contributed by atoms with Crippen LogP contribution in [0.4, 0.5) is 8.78 Å². The molecule has 1 aliphatic heterocycles. The van der Waals surface area contributed by atoms with Crippen molar-refractivity contribution >= 4 is 11.8 Å². The van der Waals surface area contributed by atoms with E-state index in [1.165, 1.54) is 22.6 Å². The van der Waals surface area contributed by atoms with E-state index in [-0.39, 0.29) is 0 Å². The second-order valence-corrected chi connectivity index (χ2v) is 5.13. The third-order valence-corrected chi connectivity index (χ3v) is 4.14. The van der Waals surface area contributed by atoms with Crippen molar-refractivity contribution in [2.24, 2.45) is 0 Å². The Morgan fingerprint density at radius 3 is 2.41 bits per heavy atom. The van der Waals surface area contributed by atoms with Gasteiger partial charge in [0.2, 0.25) is 0 Å². The topological polar surface area (TPSA) is 0 Å². The third-order valence-electron chi connectivity index (χ3n) is 2.98. The molecule has 1 heterocycles. The van der Waals surface area contributed by atoms with E-state index in [4.69, 9.17) is 0 Å². The Balaban J connectivity index is 2.11. The lowest BCUT2D eigenvalue weighted by Gasteiger charge is -2.06. The zero-order chi connectivity index (χ0) is 11.8. The Labute approximate surface area is 103 Å². The summed E-state index contributed by atoms with van der Waals surface area (Å²) < 4.78 is 26.4. The van der Waals surface area contributed by atoms with Gasteiger partial charge in [-0.1, -0.05) is 18.2 Å². The molecule has 0 unspecified atom stereocenters. The number of hydrogen-bond acceptors (Lipinski definition) is 1. The van der Waals surface area contributed by atoms with E-state index < -0.39 is 11.6 Å². The highest BCUT2D eigenvalue weighted by Crippen LogP contribution is 2.34. The molecule has 0 aromatic heterocycles. The summed E-state index contributed by atoms with van der Waals surface area (Å²) in [5.41, 5.74) is 2.97. The number of halogens is 2. The van der Waals surface area contributed by atoms with Crippen LogP contribution in [0.3, 0.4) is 0 Å². The maximum atomic E-state index is 13.2. The van der Waals surface area contributed by atoms with Crippen molar-refractivity contribution in [2.45, 2.75) is 17.1 Å². The first-order valence-electron chi connectivity index (χ1n) is 5.41. The van der Waals surface area contributed by atoms with Crippen LogP contribution in [0.5, 0.6) is 0 Å². The molecule has 1 aliphatic rings. The van der Waals surface area contributed by atoms with Crippen molar-refractivity contribution < 1.29 is 8.78 Å². The highest BCUT2D eigenvalue weighted by molar-refractivity contribution is 7.98. The number of rotatable bonds is 0. The zero-order valence-electron chi connectivity index (χ0n) is 9.04. The summed E-state index contributed by atoms with van der Waals surface area (Å²) in [5.74, 6) is -0.813. The smallest absolute Gasteiger partial charge is 0.159 e. The Morgan fingerprint density at radius 2 is 1.59 bits per heavy atom. The van der Waals surface area contributed by atoms with Gasteiger partial charge < -0.3 is 0 Å². The summed E-state index contributed by atoms with van der Waals surface area (Å²) in [4.78, 5) is 1.20. The van der Waals surface area contributed by atoms with Gasteiger partial charge in [0, 0.05) is 10.6 Å². The van der Waals surface area contributed by atoms with Crippen LogP contribution < -0.4 is 0 Å². The molecule has 0 saturated heterocycles. The summed E-state index contributed by atoms with van der Waals surface area (Å²) in [6.45, 7) is 0. The highest BCUT2D eigenvalue weighted by atomic mass is 32.2. The van der Waals surface area contributed by atoms with Gasteiger partial charge in [-0.15, -0.1) is 11.8 Å². The Hall–Kier alpha value is -1.35. The molecule has 17 heavy (non-hydrogen) atoms. The van der Waals surface area contributed by atoms with Crippen LogP contribution in [0.2, 0.25) is 0 Å². The molecule has 0 radical (unpaired) electrons. The third kappa shape index (κ3) is 1.95. The Morgan fingerprint density at radius 1 is 0.882 bits per heavy atom. The van der Waals surface area contributed by atoms with E-state index in [0.717, 1.165) is 11.1 Å². The predicted molar refractivity (Wildman–Crippen MR) is 65.2 cm³/mol. The molecule has 2 aromatic rings. The van der Waals surface area contributed by atoms with E-state index in [9.17, 15) is 8.78 Å². The van der Waals surface area contributed by atoms with Crippen LogP contribution in [-0.4, -0.2) is 0 Å². The van der Waals surface area contributed by atoms with Crippen LogP contribution in [0.1, 0.15) is 16.7 Å². The normalized spacial score (nSPS) is 13.8. The fourth-order valence-corrected chi connectivity index (χ4v) is 3.16. The summed E-state index contributed by atoms with van der Waals surface area (Å²) in [6, 6.07) is 10.7. The fourth-order valence-electron chi connectivity index (χ4n) is 2.08. The average molecular weight is 248 g/mol. The molecule has 0 aliphatic carbocycles. The van der Waals surface area contributed by atoms with Gasteiger partial charge in [-0.05, 0) is 41.3 Å². The van der Waals surface area contributed by atoms with Gasteiger partial charge in [0.15, 0.2) is 11.6 Å². The van der Waals surface area contributed by atoms with Crippen molar-refractivity contribution in [2.75, 3.05) is 0 Å². The lowest BCUT2D eigenvalue weighted by atomic mass is 10.0. The minimum atomic E-state index is -0.756. The van der Waals surface area contributed by atoms with Crippen molar-refractivity contribution in [3.63, 3.8) is 0 Å². The average Bonchev–Trinajstić information content (AvgIpc) is 2.49. The van der Waals surface area contributed by atoms with Gasteiger partial charge in [0.25, 0.3) is 0 Å². The van der Waals surface area contributed by atoms with Crippen LogP contribution in [-0.2, 0) is 12.2 Å². The second-order valence-electron chi connectivity index (χ2n) is 4.11. The minimum Gasteiger partial charge on any atom is -0.204 e. The molecule has 3 rings (SSSR count). The molecule has 86 valence electrons. The van der Waals surface area contributed by atoms with Gasteiger partial charge in [0.05, 0.1) is 0 Å². The summed E-state index contributed by atoms with van der Waals surface area (Å²) >= 11 is 1.68. The molecule has 0 amide bonds. The lowest BCUT2D eigenvalue weighted by molar-refractivity contribution is 0.506. The summed E-state index contributed by atoms with van der Waals surface area (Å²) in [5, 5.41) is 0. The SMILES string of the molecule is Fc1cc2c(cc1F)Cc1ccccc1SC2. The van der Waals surface area contributed by atoms with Crippen LogP contribution in [0.15, 0.2) is 41.3 Å². The Kier molecular flexibility index (Phi) is 2.63. The fraction of sp³-hybridized carbons (Fsp3) is 0.143. The van der Waals surface area contributed by atoms with E-state index in [2.05, 4.69) is 6.07 Å². The van der Waals surface area contributed by atoms with Crippen LogP contribution >= 0.6 is 11.8 Å². The van der Waals surface area contributed by atoms with E-state index in [1.54, 1.807) is 11.8 Å². The van der Waals surface area contributed by atoms with Crippen LogP contribution in [0.25, 0.3) is 0 Å². The molecular formula is C14H10F2S. The van der Waals surface area contributed by atoms with Gasteiger partial charge in [0.1, 0.15) is 0 Å². The number of hydrogen-bond donors (Lipinski definition) is 0. The number of thioether (sulfide) groups is 1. The monoisotopic (exact) mass is 248 g/mol. The van der Waals surface area contributed by atoms with Gasteiger partial charge in [-0.2, -0.15) is 0 Å². The standard InChI is InChI=1S/C14H10F2S/c15-12-6-10-5-9-3-1-2-4-14(9)17-8-11(10)7-13(12)16/h1-4,6-7H,5,8H2. The molecule has 3 heteroatoms. The summed E-state index contributed by atoms with van der Waals surface area (Å²) in [7, 11) is 0. The lowest BCUT2D eigenvalue weighted by Crippen LogP contribution is -1.96. The first-order chi connectivity index (χ1) is 8.24. The van der Waals surface area contributed by atoms with Gasteiger partial charge in [-0.25, -0.2) is 8.78 Å². The maximum Gasteiger partial charge on any atom is 0.159 e. The largest absolute Gasteiger partial charge is 0.204 e. The van der Waals surface area contributed by atoms with Gasteiger partial charge in [-0.3, -0.25) is 0 Å². The maximum absolute atomic E-state index is 13.2. The predicted octanol–water partition coefficient (Wildman–Crippen LogP) is 4.16. The van der Waals surface area contributed by atoms with Crippen molar-refractivity contribution in [1.82, 2.24) is 0 Å². The molecule has 0 N–H and O–H groups in total. The summed E-state index contributed by atoms with van der Waals surface area (Å²) in [6.07, 6.45) is 0.676. The van der Waals surface area contributed by atoms with Crippen molar-refractivity contribution in [3.8, 4) is 0 Å². The minimum absolute atomic E-state index is 0.676. The number of fused-ring (bicyclic) bond motifs is 2. The first-order valence-corrected chi connectivity index (χ1v) is 6.40. The zero-order valence-corrected chi connectivity index (χ0v) is 9.86. The molecule has 0 saturated carbocycles. The van der Waals surface area contributed by atoms with Gasteiger partial charge >= 0.3 is 0 Å². The first kappa shape index (κ1) is 10.8. The molecule has 0 bridgehead atoms. The molecule has 0 fully saturated rings. The van der Waals surface area contributed by atoms with E-state index >= 15 is 0 Å². The molecule has 0 nitrogen and oxygen atoms in total. The molecular weight excluding hydrogens is 238 g/mol. The molecule has 0 spiro atoms. The quantitative estimate of drug-likeness (QED) is 0.674. The highest BCUT2D eigenvalue weighted by Gasteiger charge is 2.16. The van der Waals surface area contributed by atoms with Crippen LogP contribution in [0, 0.1) is 11.6 Å². The van der Waals surface area contributed by atoms with Crippen molar-refractivity contribution in [1.29, 1.82) is 0 Å².